The number of nitro groups is 1. The van der Waals surface area contributed by atoms with Gasteiger partial charge in [0.25, 0.3) is 0 Å². The Morgan fingerprint density at radius 3 is 2.73 bits per heavy atom. The minimum atomic E-state index is -0.567. The molecule has 82 valence electrons. The summed E-state index contributed by atoms with van der Waals surface area (Å²) in [5, 5.41) is 10.6. The second-order valence-electron chi connectivity index (χ2n) is 3.68. The molecule has 0 N–H and O–H groups in total. The highest BCUT2D eigenvalue weighted by molar-refractivity contribution is 5.82. The van der Waals surface area contributed by atoms with Crippen molar-refractivity contribution in [3.8, 4) is 0 Å². The fraction of sp³-hybridized carbons (Fsp3) is 0.556. The van der Waals surface area contributed by atoms with Gasteiger partial charge < -0.3 is 14.7 Å². The highest BCUT2D eigenvalue weighted by Crippen LogP contribution is 2.17. The van der Waals surface area contributed by atoms with Crippen molar-refractivity contribution in [1.82, 2.24) is 9.55 Å². The number of nitrogens with zero attached hydrogens (tertiary/aromatic N) is 3. The zero-order valence-corrected chi connectivity index (χ0v) is 8.93. The number of hydrogen-bond donors (Lipinski definition) is 0. The highest BCUT2D eigenvalue weighted by atomic mass is 16.6. The first-order valence-corrected chi connectivity index (χ1v) is 4.60. The summed E-state index contributed by atoms with van der Waals surface area (Å²) in [6.07, 6.45) is 1.41. The van der Waals surface area contributed by atoms with Crippen molar-refractivity contribution in [3.63, 3.8) is 0 Å². The van der Waals surface area contributed by atoms with Crippen molar-refractivity contribution in [2.45, 2.75) is 20.3 Å². The third kappa shape index (κ3) is 2.39. The molecule has 6 heteroatoms. The Kier molecular flexibility index (Phi) is 3.18. The largest absolute Gasteiger partial charge is 0.385 e. The number of Topliss-reactive ketones (excluding diaryl/α,β-unsaturated/α-hetero) is 1. The van der Waals surface area contributed by atoms with Gasteiger partial charge in [-0.05, 0) is 9.91 Å². The molecule has 0 aliphatic heterocycles. The van der Waals surface area contributed by atoms with Crippen molar-refractivity contribution in [3.05, 3.63) is 22.1 Å². The van der Waals surface area contributed by atoms with Crippen LogP contribution in [0.15, 0.2) is 6.33 Å². The Balaban J connectivity index is 2.98. The van der Waals surface area contributed by atoms with Crippen molar-refractivity contribution in [2.75, 3.05) is 0 Å². The monoisotopic (exact) mass is 211 g/mol. The molecule has 0 unspecified atom stereocenters. The van der Waals surface area contributed by atoms with E-state index >= 15 is 0 Å². The lowest BCUT2D eigenvalue weighted by Gasteiger charge is -2.03. The molecule has 1 rings (SSSR count). The van der Waals surface area contributed by atoms with Crippen molar-refractivity contribution < 1.29 is 9.72 Å². The molecule has 0 bridgehead atoms. The summed E-state index contributed by atoms with van der Waals surface area (Å²) in [4.78, 5) is 25.2. The lowest BCUT2D eigenvalue weighted by molar-refractivity contribution is -0.390. The zero-order chi connectivity index (χ0) is 11.6. The maximum atomic E-state index is 11.5. The second kappa shape index (κ2) is 4.20. The van der Waals surface area contributed by atoms with E-state index in [4.69, 9.17) is 0 Å². The number of carbonyl (C=O) groups excluding carboxylic acids is 1. The Morgan fingerprint density at radius 1 is 1.67 bits per heavy atom. The Bertz CT molecular complexity index is 395. The molecule has 0 spiro atoms. The predicted molar refractivity (Wildman–Crippen MR) is 53.4 cm³/mol. The number of rotatable bonds is 4. The van der Waals surface area contributed by atoms with Gasteiger partial charge >= 0.3 is 5.82 Å². The molecule has 6 nitrogen and oxygen atoms in total. The van der Waals surface area contributed by atoms with Gasteiger partial charge in [-0.1, -0.05) is 13.8 Å². The second-order valence-corrected chi connectivity index (χ2v) is 3.68. The normalized spacial score (nSPS) is 10.7. The molecule has 1 aromatic heterocycles. The van der Waals surface area contributed by atoms with Crippen molar-refractivity contribution >= 4 is 11.6 Å². The first-order valence-electron chi connectivity index (χ1n) is 4.60. The quantitative estimate of drug-likeness (QED) is 0.551. The van der Waals surface area contributed by atoms with Gasteiger partial charge in [0.15, 0.2) is 0 Å². The highest BCUT2D eigenvalue weighted by Gasteiger charge is 2.22. The lowest BCUT2D eigenvalue weighted by Crippen LogP contribution is -2.13. The summed E-state index contributed by atoms with van der Waals surface area (Å²) >= 11 is 0. The summed E-state index contributed by atoms with van der Waals surface area (Å²) < 4.78 is 1.51. The Labute approximate surface area is 87.1 Å². The molecule has 0 amide bonds. The van der Waals surface area contributed by atoms with Gasteiger partial charge in [0, 0.05) is 13.0 Å². The number of ketones is 1. The van der Waals surface area contributed by atoms with Crippen LogP contribution in [0.5, 0.6) is 0 Å². The van der Waals surface area contributed by atoms with Gasteiger partial charge in [-0.3, -0.25) is 4.79 Å². The fourth-order valence-electron chi connectivity index (χ4n) is 1.17. The van der Waals surface area contributed by atoms with Crippen LogP contribution >= 0.6 is 0 Å². The zero-order valence-electron chi connectivity index (χ0n) is 8.93. The van der Waals surface area contributed by atoms with Gasteiger partial charge in [-0.25, -0.2) is 0 Å². The van der Waals surface area contributed by atoms with Gasteiger partial charge in [0.05, 0.1) is 6.42 Å². The molecule has 0 aliphatic carbocycles. The van der Waals surface area contributed by atoms with E-state index in [9.17, 15) is 14.9 Å². The van der Waals surface area contributed by atoms with E-state index in [-0.39, 0.29) is 23.9 Å². The van der Waals surface area contributed by atoms with Crippen LogP contribution in [0.4, 0.5) is 5.82 Å². The van der Waals surface area contributed by atoms with E-state index < -0.39 is 4.92 Å². The van der Waals surface area contributed by atoms with Crippen molar-refractivity contribution in [2.24, 2.45) is 13.0 Å². The first-order chi connectivity index (χ1) is 6.93. The number of aryl methyl sites for hydroxylation is 1. The van der Waals surface area contributed by atoms with E-state index in [0.29, 0.717) is 5.69 Å². The molecule has 0 atom stereocenters. The molecule has 1 aromatic rings. The molecule has 0 saturated heterocycles. The summed E-state index contributed by atoms with van der Waals surface area (Å²) in [7, 11) is 1.64. The fourth-order valence-corrected chi connectivity index (χ4v) is 1.17. The summed E-state index contributed by atoms with van der Waals surface area (Å²) in [5.74, 6) is -0.382. The van der Waals surface area contributed by atoms with Gasteiger partial charge in [0.2, 0.25) is 6.33 Å². The number of aromatic nitrogens is 2. The van der Waals surface area contributed by atoms with E-state index in [2.05, 4.69) is 4.98 Å². The maximum Gasteiger partial charge on any atom is 0.385 e. The molecule has 0 fully saturated rings. The molecule has 0 aliphatic rings. The van der Waals surface area contributed by atoms with Crippen LogP contribution in [-0.2, 0) is 18.3 Å². The molecule has 0 saturated carbocycles. The summed E-state index contributed by atoms with van der Waals surface area (Å²) in [6, 6.07) is 0. The molecular formula is C9H13N3O3. The van der Waals surface area contributed by atoms with Crippen LogP contribution < -0.4 is 0 Å². The van der Waals surface area contributed by atoms with Crippen LogP contribution in [0.1, 0.15) is 19.5 Å². The van der Waals surface area contributed by atoms with Gasteiger partial charge in [-0.2, -0.15) is 0 Å². The summed E-state index contributed by atoms with van der Waals surface area (Å²) in [6.45, 7) is 3.54. The van der Waals surface area contributed by atoms with E-state index in [1.54, 1.807) is 20.9 Å². The van der Waals surface area contributed by atoms with Crippen LogP contribution in [0.2, 0.25) is 0 Å². The molecule has 0 radical (unpaired) electrons. The maximum absolute atomic E-state index is 11.5. The smallest absolute Gasteiger partial charge is 0.358 e. The standard InChI is InChI=1S/C9H13N3O3/c1-6(2)8(13)4-7-9(12(14)15)10-5-11(7)3/h5-6H,4H2,1-3H3. The van der Waals surface area contributed by atoms with Crippen LogP contribution in [0.3, 0.4) is 0 Å². The number of hydrogen-bond acceptors (Lipinski definition) is 4. The molecule has 0 aromatic carbocycles. The Hall–Kier alpha value is -1.72. The minimum Gasteiger partial charge on any atom is -0.358 e. The first kappa shape index (κ1) is 11.4. The van der Waals surface area contributed by atoms with Crippen LogP contribution in [0.25, 0.3) is 0 Å². The number of carbonyl (C=O) groups is 1. The van der Waals surface area contributed by atoms with Crippen molar-refractivity contribution in [1.29, 1.82) is 0 Å². The van der Waals surface area contributed by atoms with Gasteiger partial charge in [-0.15, -0.1) is 0 Å². The predicted octanol–water partition coefficient (Wildman–Crippen LogP) is 1.10. The van der Waals surface area contributed by atoms with Gasteiger partial charge in [0.1, 0.15) is 11.5 Å². The molecule has 15 heavy (non-hydrogen) atoms. The lowest BCUT2D eigenvalue weighted by atomic mass is 10.0. The number of imidazole rings is 1. The third-order valence-electron chi connectivity index (χ3n) is 2.20. The van der Waals surface area contributed by atoms with E-state index in [1.807, 2.05) is 0 Å². The SMILES string of the molecule is CC(C)C(=O)Cc1c([N+](=O)[O-])ncn1C. The average molecular weight is 211 g/mol. The topological polar surface area (TPSA) is 78.0 Å². The van der Waals surface area contributed by atoms with E-state index in [0.717, 1.165) is 0 Å². The third-order valence-corrected chi connectivity index (χ3v) is 2.20. The summed E-state index contributed by atoms with van der Waals surface area (Å²) in [5.41, 5.74) is 0.360. The Morgan fingerprint density at radius 2 is 2.27 bits per heavy atom. The van der Waals surface area contributed by atoms with Crippen LogP contribution in [-0.4, -0.2) is 20.3 Å². The minimum absolute atomic E-state index is 0.0262. The molecule has 1 heterocycles. The average Bonchev–Trinajstić information content (AvgIpc) is 2.48. The van der Waals surface area contributed by atoms with E-state index in [1.165, 1.54) is 10.9 Å². The van der Waals surface area contributed by atoms with Crippen LogP contribution in [0, 0.1) is 16.0 Å². The molecular weight excluding hydrogens is 198 g/mol.